The highest BCUT2D eigenvalue weighted by Gasteiger charge is 2.08. The maximum Gasteiger partial charge on any atom is 0.255 e. The van der Waals surface area contributed by atoms with Crippen LogP contribution < -0.4 is 5.32 Å². The fraction of sp³-hybridized carbons (Fsp3) is 0.133. The van der Waals surface area contributed by atoms with Crippen molar-refractivity contribution in [3.63, 3.8) is 0 Å². The Hall–Kier alpha value is -1.68. The SMILES string of the molecule is Cc1cc(NC(=O)c2cccc(F)c2)cc(C)c1Br. The minimum absolute atomic E-state index is 0.304. The molecule has 2 nitrogen and oxygen atoms in total. The van der Waals surface area contributed by atoms with E-state index in [2.05, 4.69) is 21.2 Å². The van der Waals surface area contributed by atoms with Crippen molar-refractivity contribution in [3.8, 4) is 0 Å². The molecule has 19 heavy (non-hydrogen) atoms. The minimum atomic E-state index is -0.421. The molecule has 0 spiro atoms. The summed E-state index contributed by atoms with van der Waals surface area (Å²) in [6.45, 7) is 3.91. The Labute approximate surface area is 119 Å². The van der Waals surface area contributed by atoms with Gasteiger partial charge >= 0.3 is 0 Å². The lowest BCUT2D eigenvalue weighted by Gasteiger charge is -2.09. The average molecular weight is 322 g/mol. The monoisotopic (exact) mass is 321 g/mol. The zero-order valence-corrected chi connectivity index (χ0v) is 12.2. The van der Waals surface area contributed by atoms with Crippen LogP contribution in [0.25, 0.3) is 0 Å². The van der Waals surface area contributed by atoms with Gasteiger partial charge in [-0.1, -0.05) is 22.0 Å². The molecule has 0 aliphatic carbocycles. The van der Waals surface area contributed by atoms with E-state index in [1.165, 1.54) is 18.2 Å². The van der Waals surface area contributed by atoms with Crippen molar-refractivity contribution in [2.75, 3.05) is 5.32 Å². The van der Waals surface area contributed by atoms with E-state index in [-0.39, 0.29) is 5.91 Å². The number of hydrogen-bond donors (Lipinski definition) is 1. The molecule has 1 amide bonds. The maximum absolute atomic E-state index is 13.1. The molecule has 2 aromatic carbocycles. The van der Waals surface area contributed by atoms with Gasteiger partial charge in [0.05, 0.1) is 0 Å². The average Bonchev–Trinajstić information content (AvgIpc) is 2.36. The summed E-state index contributed by atoms with van der Waals surface area (Å²) in [4.78, 5) is 12.0. The third kappa shape index (κ3) is 3.20. The first-order valence-electron chi connectivity index (χ1n) is 5.81. The van der Waals surface area contributed by atoms with E-state index in [9.17, 15) is 9.18 Å². The van der Waals surface area contributed by atoms with Crippen LogP contribution >= 0.6 is 15.9 Å². The van der Waals surface area contributed by atoms with Gasteiger partial charge in [0.2, 0.25) is 0 Å². The maximum atomic E-state index is 13.1. The van der Waals surface area contributed by atoms with Gasteiger partial charge in [0, 0.05) is 15.7 Å². The topological polar surface area (TPSA) is 29.1 Å². The molecule has 0 heterocycles. The fourth-order valence-electron chi connectivity index (χ4n) is 1.85. The summed E-state index contributed by atoms with van der Waals surface area (Å²) in [6, 6.07) is 9.36. The summed E-state index contributed by atoms with van der Waals surface area (Å²) < 4.78 is 14.1. The molecule has 0 radical (unpaired) electrons. The zero-order chi connectivity index (χ0) is 14.0. The van der Waals surface area contributed by atoms with Crippen LogP contribution in [0.3, 0.4) is 0 Å². The Kier molecular flexibility index (Phi) is 4.00. The second-order valence-electron chi connectivity index (χ2n) is 4.39. The Morgan fingerprint density at radius 2 is 1.79 bits per heavy atom. The van der Waals surface area contributed by atoms with E-state index in [4.69, 9.17) is 0 Å². The summed E-state index contributed by atoms with van der Waals surface area (Å²) in [6.07, 6.45) is 0. The molecule has 0 aromatic heterocycles. The van der Waals surface area contributed by atoms with E-state index in [0.29, 0.717) is 11.3 Å². The van der Waals surface area contributed by atoms with E-state index in [0.717, 1.165) is 15.6 Å². The van der Waals surface area contributed by atoms with Crippen LogP contribution in [0.5, 0.6) is 0 Å². The van der Waals surface area contributed by atoms with Crippen molar-refractivity contribution in [1.82, 2.24) is 0 Å². The van der Waals surface area contributed by atoms with Crippen molar-refractivity contribution in [2.45, 2.75) is 13.8 Å². The zero-order valence-electron chi connectivity index (χ0n) is 10.6. The highest BCUT2D eigenvalue weighted by Crippen LogP contribution is 2.25. The first-order chi connectivity index (χ1) is 8.97. The quantitative estimate of drug-likeness (QED) is 0.869. The van der Waals surface area contributed by atoms with Crippen LogP contribution in [0.1, 0.15) is 21.5 Å². The van der Waals surface area contributed by atoms with Gasteiger partial charge in [-0.25, -0.2) is 4.39 Å². The summed E-state index contributed by atoms with van der Waals surface area (Å²) in [7, 11) is 0. The Morgan fingerprint density at radius 3 is 2.37 bits per heavy atom. The van der Waals surface area contributed by atoms with Crippen LogP contribution in [-0.4, -0.2) is 5.91 Å². The highest BCUT2D eigenvalue weighted by atomic mass is 79.9. The lowest BCUT2D eigenvalue weighted by atomic mass is 10.1. The van der Waals surface area contributed by atoms with Crippen molar-refractivity contribution < 1.29 is 9.18 Å². The lowest BCUT2D eigenvalue weighted by molar-refractivity contribution is 0.102. The van der Waals surface area contributed by atoms with Crippen LogP contribution in [0.2, 0.25) is 0 Å². The van der Waals surface area contributed by atoms with E-state index in [1.54, 1.807) is 6.07 Å². The van der Waals surface area contributed by atoms with Gasteiger partial charge in [0.15, 0.2) is 0 Å². The molecule has 98 valence electrons. The number of benzene rings is 2. The van der Waals surface area contributed by atoms with Gasteiger partial charge in [0.25, 0.3) is 5.91 Å². The number of rotatable bonds is 2. The smallest absolute Gasteiger partial charge is 0.255 e. The van der Waals surface area contributed by atoms with Gasteiger partial charge in [-0.2, -0.15) is 0 Å². The van der Waals surface area contributed by atoms with Gasteiger partial charge in [0.1, 0.15) is 5.82 Å². The predicted octanol–water partition coefficient (Wildman–Crippen LogP) is 4.46. The first kappa shape index (κ1) is 13.7. The number of carbonyl (C=O) groups excluding carboxylic acids is 1. The van der Waals surface area contributed by atoms with Crippen molar-refractivity contribution >= 4 is 27.5 Å². The Bertz CT molecular complexity index is 617. The minimum Gasteiger partial charge on any atom is -0.322 e. The molecular weight excluding hydrogens is 309 g/mol. The van der Waals surface area contributed by atoms with Crippen molar-refractivity contribution in [1.29, 1.82) is 0 Å². The molecule has 0 saturated carbocycles. The van der Waals surface area contributed by atoms with Gasteiger partial charge in [-0.15, -0.1) is 0 Å². The molecule has 0 aliphatic rings. The van der Waals surface area contributed by atoms with E-state index >= 15 is 0 Å². The van der Waals surface area contributed by atoms with E-state index in [1.807, 2.05) is 26.0 Å². The molecule has 2 aromatic rings. The molecule has 0 saturated heterocycles. The van der Waals surface area contributed by atoms with Crippen LogP contribution in [-0.2, 0) is 0 Å². The molecule has 0 bridgehead atoms. The fourth-order valence-corrected chi connectivity index (χ4v) is 2.08. The van der Waals surface area contributed by atoms with Crippen molar-refractivity contribution in [2.24, 2.45) is 0 Å². The van der Waals surface area contributed by atoms with Crippen LogP contribution in [0.15, 0.2) is 40.9 Å². The van der Waals surface area contributed by atoms with Gasteiger partial charge in [-0.05, 0) is 55.3 Å². The first-order valence-corrected chi connectivity index (χ1v) is 6.60. The van der Waals surface area contributed by atoms with Gasteiger partial charge in [-0.3, -0.25) is 4.79 Å². The normalized spacial score (nSPS) is 10.3. The summed E-state index contributed by atoms with van der Waals surface area (Å²) in [5.74, 6) is -0.739. The predicted molar refractivity (Wildman–Crippen MR) is 78.0 cm³/mol. The number of nitrogens with one attached hydrogen (secondary N) is 1. The summed E-state index contributed by atoms with van der Waals surface area (Å²) in [5.41, 5.74) is 3.08. The number of halogens is 2. The van der Waals surface area contributed by atoms with E-state index < -0.39 is 5.82 Å². The largest absolute Gasteiger partial charge is 0.322 e. The second-order valence-corrected chi connectivity index (χ2v) is 5.18. The number of carbonyl (C=O) groups is 1. The van der Waals surface area contributed by atoms with Crippen LogP contribution in [0.4, 0.5) is 10.1 Å². The number of hydrogen-bond acceptors (Lipinski definition) is 1. The summed E-state index contributed by atoms with van der Waals surface area (Å²) in [5, 5.41) is 2.77. The molecule has 4 heteroatoms. The third-order valence-corrected chi connectivity index (χ3v) is 4.03. The second kappa shape index (κ2) is 5.53. The molecule has 2 rings (SSSR count). The summed E-state index contributed by atoms with van der Waals surface area (Å²) >= 11 is 3.47. The molecule has 0 unspecified atom stereocenters. The molecule has 0 atom stereocenters. The standard InChI is InChI=1S/C15H13BrFNO/c1-9-6-13(7-10(2)14(9)16)18-15(19)11-4-3-5-12(17)8-11/h3-8H,1-2H3,(H,18,19). The number of anilines is 1. The third-order valence-electron chi connectivity index (χ3n) is 2.78. The molecule has 0 fully saturated rings. The number of aryl methyl sites for hydroxylation is 2. The molecule has 0 aliphatic heterocycles. The lowest BCUT2D eigenvalue weighted by Crippen LogP contribution is -2.12. The molecule has 1 N–H and O–H groups in total. The number of amides is 1. The molecular formula is C15H13BrFNO. The van der Waals surface area contributed by atoms with Crippen molar-refractivity contribution in [3.05, 3.63) is 63.4 Å². The highest BCUT2D eigenvalue weighted by molar-refractivity contribution is 9.10. The van der Waals surface area contributed by atoms with Crippen LogP contribution in [0, 0.1) is 19.7 Å². The Balaban J connectivity index is 2.24. The van der Waals surface area contributed by atoms with Gasteiger partial charge < -0.3 is 5.32 Å². The Morgan fingerprint density at radius 1 is 1.16 bits per heavy atom.